The molecule has 0 bridgehead atoms. The Kier molecular flexibility index (Phi) is 9.30. The van der Waals surface area contributed by atoms with Crippen molar-refractivity contribution < 1.29 is 27.8 Å². The van der Waals surface area contributed by atoms with Crippen molar-refractivity contribution in [2.24, 2.45) is 10.4 Å². The van der Waals surface area contributed by atoms with Gasteiger partial charge in [0.2, 0.25) is 0 Å². The van der Waals surface area contributed by atoms with E-state index < -0.39 is 12.4 Å². The standard InChI is InChI=1S/C38H39ClF3N5O3S/c1-36(2,3)21-46-19-17-37(18-20-46)22-47(32-30(48)16-15-25(31(32)37)34-44-28-9-6-7-26(39)33(28)51-34)29-10-5-4-8-27(29)45-35(49)43-23-11-13-24(14-12-23)50-38(40,41)42/h4-16,28,33,48H,17-22H2,1-3H3,(H2,43,45,49). The topological polar surface area (TPSA) is 89.4 Å². The number of fused-ring (bicyclic) bond motifs is 3. The third-order valence-electron chi connectivity index (χ3n) is 9.60. The van der Waals surface area contributed by atoms with Gasteiger partial charge in [0.1, 0.15) is 11.5 Å². The minimum atomic E-state index is -4.81. The Morgan fingerprint density at radius 3 is 2.47 bits per heavy atom. The van der Waals surface area contributed by atoms with Crippen LogP contribution in [0.15, 0.2) is 88.9 Å². The van der Waals surface area contributed by atoms with E-state index in [0.29, 0.717) is 23.6 Å². The summed E-state index contributed by atoms with van der Waals surface area (Å²) in [6.45, 7) is 10.1. The number of thioether (sulfide) groups is 1. The predicted molar refractivity (Wildman–Crippen MR) is 199 cm³/mol. The van der Waals surface area contributed by atoms with Crippen LogP contribution in [0, 0.1) is 5.41 Å². The molecule has 51 heavy (non-hydrogen) atoms. The molecule has 268 valence electrons. The number of piperidine rings is 1. The Morgan fingerprint density at radius 2 is 1.78 bits per heavy atom. The van der Waals surface area contributed by atoms with Gasteiger partial charge in [-0.1, -0.05) is 68.4 Å². The normalized spacial score (nSPS) is 21.2. The van der Waals surface area contributed by atoms with E-state index in [4.69, 9.17) is 16.6 Å². The van der Waals surface area contributed by atoms with Gasteiger partial charge in [0.05, 0.1) is 33.4 Å². The third-order valence-corrected chi connectivity index (χ3v) is 11.4. The maximum absolute atomic E-state index is 13.3. The number of carbonyl (C=O) groups excluding carboxylic acids is 1. The van der Waals surface area contributed by atoms with Crippen molar-refractivity contribution in [3.63, 3.8) is 0 Å². The first-order valence-corrected chi connectivity index (χ1v) is 18.1. The Hall–Kier alpha value is -4.13. The molecule has 7 rings (SSSR count). The number of phenols is 1. The van der Waals surface area contributed by atoms with Gasteiger partial charge in [-0.2, -0.15) is 0 Å². The molecule has 1 aliphatic carbocycles. The first-order chi connectivity index (χ1) is 24.2. The molecular weight excluding hydrogens is 699 g/mol. The number of aromatic hydroxyl groups is 1. The van der Waals surface area contributed by atoms with Crippen LogP contribution in [0.2, 0.25) is 0 Å². The maximum Gasteiger partial charge on any atom is 0.573 e. The predicted octanol–water partition coefficient (Wildman–Crippen LogP) is 9.39. The molecule has 3 N–H and O–H groups in total. The highest BCUT2D eigenvalue weighted by Crippen LogP contribution is 2.56. The molecule has 2 amide bonds. The van der Waals surface area contributed by atoms with Crippen molar-refractivity contribution in [1.29, 1.82) is 0 Å². The van der Waals surface area contributed by atoms with E-state index in [1.807, 2.05) is 36.4 Å². The molecule has 0 saturated carbocycles. The van der Waals surface area contributed by atoms with Crippen molar-refractivity contribution in [3.05, 3.63) is 95.1 Å². The number of nitrogens with one attached hydrogen (secondary N) is 2. The fourth-order valence-electron chi connectivity index (χ4n) is 7.57. The average Bonchev–Trinajstić information content (AvgIpc) is 3.64. The van der Waals surface area contributed by atoms with Gasteiger partial charge in [-0.15, -0.1) is 13.2 Å². The van der Waals surface area contributed by atoms with Crippen LogP contribution in [0.25, 0.3) is 0 Å². The molecule has 3 heterocycles. The quantitative estimate of drug-likeness (QED) is 0.234. The lowest BCUT2D eigenvalue weighted by molar-refractivity contribution is -0.274. The SMILES string of the molecule is CC(C)(C)CN1CCC2(CC1)CN(c1ccccc1NC(=O)Nc1ccc(OC(F)(F)F)cc1)c1c(O)ccc(C3=NC4C=CC=C(Cl)C4S3)c12. The number of carbonyl (C=O) groups is 1. The van der Waals surface area contributed by atoms with Crippen LogP contribution in [0.5, 0.6) is 11.5 Å². The summed E-state index contributed by atoms with van der Waals surface area (Å²) in [6, 6.07) is 15.4. The summed E-state index contributed by atoms with van der Waals surface area (Å²) in [5.74, 6) is -0.248. The number of hydrogen-bond acceptors (Lipinski definition) is 7. The number of benzene rings is 3. The largest absolute Gasteiger partial charge is 0.573 e. The summed E-state index contributed by atoms with van der Waals surface area (Å²) >= 11 is 8.30. The molecule has 1 saturated heterocycles. The van der Waals surface area contributed by atoms with Crippen LogP contribution in [0.4, 0.5) is 40.7 Å². The van der Waals surface area contributed by atoms with Crippen molar-refractivity contribution in [2.45, 2.75) is 56.7 Å². The number of nitrogens with zero attached hydrogens (tertiary/aromatic N) is 3. The molecule has 8 nitrogen and oxygen atoms in total. The molecule has 2 atom stereocenters. The van der Waals surface area contributed by atoms with Crippen LogP contribution in [-0.2, 0) is 5.41 Å². The zero-order valence-corrected chi connectivity index (χ0v) is 30.0. The van der Waals surface area contributed by atoms with Gasteiger partial charge < -0.3 is 30.3 Å². The third kappa shape index (κ3) is 7.45. The van der Waals surface area contributed by atoms with Gasteiger partial charge in [-0.05, 0) is 91.5 Å². The number of likely N-dealkylation sites (tertiary alicyclic amines) is 1. The van der Waals surface area contributed by atoms with Gasteiger partial charge in [-0.3, -0.25) is 4.99 Å². The Bertz CT molecular complexity index is 1920. The molecule has 0 aromatic heterocycles. The van der Waals surface area contributed by atoms with Crippen molar-refractivity contribution in [1.82, 2.24) is 4.90 Å². The first kappa shape index (κ1) is 35.3. The first-order valence-electron chi connectivity index (χ1n) is 16.9. The number of aliphatic imine (C=N–C) groups is 1. The molecule has 2 unspecified atom stereocenters. The zero-order chi connectivity index (χ0) is 36.1. The summed E-state index contributed by atoms with van der Waals surface area (Å²) in [4.78, 5) is 23.0. The lowest BCUT2D eigenvalue weighted by Gasteiger charge is -2.42. The number of amides is 2. The Labute approximate surface area is 304 Å². The molecule has 4 aliphatic rings. The van der Waals surface area contributed by atoms with Crippen LogP contribution in [0.1, 0.15) is 44.7 Å². The van der Waals surface area contributed by atoms with Crippen molar-refractivity contribution in [3.8, 4) is 11.5 Å². The van der Waals surface area contributed by atoms with E-state index in [-0.39, 0.29) is 39.3 Å². The minimum Gasteiger partial charge on any atom is -0.506 e. The molecule has 1 spiro atoms. The highest BCUT2D eigenvalue weighted by atomic mass is 35.5. The minimum absolute atomic E-state index is 0.00927. The Morgan fingerprint density at radius 1 is 1.06 bits per heavy atom. The summed E-state index contributed by atoms with van der Waals surface area (Å²) in [6.07, 6.45) is 2.87. The summed E-state index contributed by atoms with van der Waals surface area (Å²) in [5, 5.41) is 18.9. The highest BCUT2D eigenvalue weighted by Gasteiger charge is 2.49. The summed E-state index contributed by atoms with van der Waals surface area (Å²) in [7, 11) is 0. The van der Waals surface area contributed by atoms with Gasteiger partial charge in [0.25, 0.3) is 0 Å². The molecule has 1 fully saturated rings. The zero-order valence-electron chi connectivity index (χ0n) is 28.4. The van der Waals surface area contributed by atoms with Crippen LogP contribution < -0.4 is 20.3 Å². The van der Waals surface area contributed by atoms with Gasteiger partial charge in [0.15, 0.2) is 0 Å². The number of ether oxygens (including phenoxy) is 1. The highest BCUT2D eigenvalue weighted by molar-refractivity contribution is 8.15. The second-order valence-electron chi connectivity index (χ2n) is 14.6. The van der Waals surface area contributed by atoms with E-state index >= 15 is 0 Å². The lowest BCUT2D eigenvalue weighted by Crippen LogP contribution is -2.47. The molecule has 3 aromatic rings. The number of phenolic OH excluding ortho intramolecular Hbond substituents is 1. The second-order valence-corrected chi connectivity index (χ2v) is 16.2. The van der Waals surface area contributed by atoms with Crippen LogP contribution in [0.3, 0.4) is 0 Å². The maximum atomic E-state index is 13.3. The molecule has 3 aliphatic heterocycles. The van der Waals surface area contributed by atoms with Crippen LogP contribution in [-0.4, -0.2) is 64.9 Å². The smallest absolute Gasteiger partial charge is 0.506 e. The van der Waals surface area contributed by atoms with Gasteiger partial charge in [0, 0.05) is 34.8 Å². The number of allylic oxidation sites excluding steroid dienone is 2. The average molecular weight is 738 g/mol. The van der Waals surface area contributed by atoms with E-state index in [2.05, 4.69) is 52.0 Å². The van der Waals surface area contributed by atoms with Crippen LogP contribution >= 0.6 is 23.4 Å². The van der Waals surface area contributed by atoms with E-state index in [1.54, 1.807) is 23.9 Å². The molecular formula is C38H39ClF3N5O3S. The fourth-order valence-corrected chi connectivity index (χ4v) is 9.11. The van der Waals surface area contributed by atoms with Gasteiger partial charge in [-0.25, -0.2) is 4.79 Å². The number of rotatable bonds is 6. The molecule has 3 aromatic carbocycles. The number of anilines is 4. The van der Waals surface area contributed by atoms with E-state index in [9.17, 15) is 23.1 Å². The van der Waals surface area contributed by atoms with Gasteiger partial charge >= 0.3 is 12.4 Å². The van der Waals surface area contributed by atoms with Crippen molar-refractivity contribution in [2.75, 3.05) is 41.7 Å². The molecule has 13 heteroatoms. The van der Waals surface area contributed by atoms with Crippen molar-refractivity contribution >= 4 is 57.2 Å². The number of para-hydroxylation sites is 2. The number of urea groups is 1. The monoisotopic (exact) mass is 737 g/mol. The van der Waals surface area contributed by atoms with E-state index in [0.717, 1.165) is 65.8 Å². The fraction of sp³-hybridized carbons (Fsp3) is 0.368. The Balaban J connectivity index is 1.22. The van der Waals surface area contributed by atoms with E-state index in [1.165, 1.54) is 12.1 Å². The second kappa shape index (κ2) is 13.4. The summed E-state index contributed by atoms with van der Waals surface area (Å²) < 4.78 is 41.8. The summed E-state index contributed by atoms with van der Waals surface area (Å²) in [5.41, 5.74) is 4.10. The molecule has 0 radical (unpaired) electrons. The number of halogens is 4. The number of alkyl halides is 3. The lowest BCUT2D eigenvalue weighted by atomic mass is 9.72. The number of hydrogen-bond donors (Lipinski definition) is 3.